The topological polar surface area (TPSA) is 75.3 Å². The van der Waals surface area contributed by atoms with Crippen LogP contribution in [-0.4, -0.2) is 26.9 Å². The molecule has 2 N–H and O–H groups in total. The van der Waals surface area contributed by atoms with Gasteiger partial charge in [0.25, 0.3) is 5.91 Å². The summed E-state index contributed by atoms with van der Waals surface area (Å²) in [5, 5.41) is 2.68. The van der Waals surface area contributed by atoms with Gasteiger partial charge in [-0.1, -0.05) is 13.0 Å². The summed E-state index contributed by atoms with van der Waals surface area (Å²) in [6, 6.07) is 4.44. The summed E-state index contributed by atoms with van der Waals surface area (Å²) in [6.45, 7) is 7.81. The van der Waals surface area contributed by atoms with E-state index in [4.69, 9.17) is 0 Å². The van der Waals surface area contributed by atoms with Crippen LogP contribution in [0.15, 0.2) is 23.1 Å². The highest BCUT2D eigenvalue weighted by molar-refractivity contribution is 7.89. The minimum Gasteiger partial charge on any atom is -0.352 e. The van der Waals surface area contributed by atoms with Crippen molar-refractivity contribution in [1.29, 1.82) is 0 Å². The first-order valence-corrected chi connectivity index (χ1v) is 8.21. The molecule has 0 aliphatic heterocycles. The number of aryl methyl sites for hydroxylation is 1. The van der Waals surface area contributed by atoms with Crippen molar-refractivity contribution in [1.82, 2.24) is 10.0 Å². The molecule has 112 valence electrons. The smallest absolute Gasteiger partial charge is 0.251 e. The molecule has 5 nitrogen and oxygen atoms in total. The highest BCUT2D eigenvalue weighted by Crippen LogP contribution is 2.16. The highest BCUT2D eigenvalue weighted by Gasteiger charge is 2.19. The van der Waals surface area contributed by atoms with Crippen LogP contribution in [0.25, 0.3) is 0 Å². The summed E-state index contributed by atoms with van der Waals surface area (Å²) in [5.41, 5.74) is 1.14. The van der Waals surface area contributed by atoms with Gasteiger partial charge in [-0.2, -0.15) is 0 Å². The number of sulfonamides is 1. The monoisotopic (exact) mass is 298 g/mol. The molecular formula is C14H22N2O3S. The first-order valence-electron chi connectivity index (χ1n) is 6.73. The molecule has 0 spiro atoms. The van der Waals surface area contributed by atoms with E-state index >= 15 is 0 Å². The van der Waals surface area contributed by atoms with E-state index in [9.17, 15) is 13.2 Å². The van der Waals surface area contributed by atoms with Crippen LogP contribution in [-0.2, 0) is 10.0 Å². The van der Waals surface area contributed by atoms with Crippen LogP contribution in [0.3, 0.4) is 0 Å². The Morgan fingerprint density at radius 2 is 1.95 bits per heavy atom. The van der Waals surface area contributed by atoms with E-state index in [0.717, 1.165) is 5.56 Å². The van der Waals surface area contributed by atoms with Gasteiger partial charge in [0.2, 0.25) is 10.0 Å². The molecule has 0 radical (unpaired) electrons. The average molecular weight is 298 g/mol. The van der Waals surface area contributed by atoms with Gasteiger partial charge in [-0.3, -0.25) is 4.79 Å². The largest absolute Gasteiger partial charge is 0.352 e. The van der Waals surface area contributed by atoms with Gasteiger partial charge in [0.05, 0.1) is 4.90 Å². The first-order chi connectivity index (χ1) is 9.31. The Hall–Kier alpha value is -1.40. The standard InChI is InChI=1S/C14H22N2O3S/c1-5-11(4)16-20(18,19)12-8-7-10(3)13(9-12)14(17)15-6-2/h7-9,11,16H,5-6H2,1-4H3,(H,15,17)/t11-/m0/s1. The lowest BCUT2D eigenvalue weighted by molar-refractivity contribution is 0.0955. The van der Waals surface area contributed by atoms with Gasteiger partial charge in [-0.25, -0.2) is 13.1 Å². The fraction of sp³-hybridized carbons (Fsp3) is 0.500. The number of rotatable bonds is 6. The second-order valence-corrected chi connectivity index (χ2v) is 6.48. The quantitative estimate of drug-likeness (QED) is 0.841. The molecule has 1 rings (SSSR count). The molecule has 0 aliphatic rings. The van der Waals surface area contributed by atoms with Crippen LogP contribution in [0, 0.1) is 6.92 Å². The summed E-state index contributed by atoms with van der Waals surface area (Å²) < 4.78 is 27.0. The van der Waals surface area contributed by atoms with E-state index in [-0.39, 0.29) is 16.8 Å². The molecule has 0 heterocycles. The molecule has 20 heavy (non-hydrogen) atoms. The van der Waals surface area contributed by atoms with E-state index in [1.165, 1.54) is 12.1 Å². The zero-order valence-electron chi connectivity index (χ0n) is 12.4. The van der Waals surface area contributed by atoms with Gasteiger partial charge < -0.3 is 5.32 Å². The van der Waals surface area contributed by atoms with Crippen LogP contribution in [0.5, 0.6) is 0 Å². The Morgan fingerprint density at radius 1 is 1.30 bits per heavy atom. The molecule has 1 atom stereocenters. The van der Waals surface area contributed by atoms with Crippen LogP contribution in [0.4, 0.5) is 0 Å². The lowest BCUT2D eigenvalue weighted by Gasteiger charge is -2.13. The molecule has 6 heteroatoms. The summed E-state index contributed by atoms with van der Waals surface area (Å²) in [7, 11) is -3.59. The van der Waals surface area contributed by atoms with Crippen molar-refractivity contribution in [3.63, 3.8) is 0 Å². The molecular weight excluding hydrogens is 276 g/mol. The number of hydrogen-bond donors (Lipinski definition) is 2. The molecule has 0 aliphatic carbocycles. The fourth-order valence-corrected chi connectivity index (χ4v) is 3.04. The Kier molecular flexibility index (Phi) is 5.71. The number of amides is 1. The van der Waals surface area contributed by atoms with E-state index in [0.29, 0.717) is 18.5 Å². The Bertz CT molecular complexity index is 582. The van der Waals surface area contributed by atoms with Crippen molar-refractivity contribution in [2.45, 2.75) is 45.1 Å². The van der Waals surface area contributed by atoms with Crippen molar-refractivity contribution >= 4 is 15.9 Å². The molecule has 0 aromatic heterocycles. The van der Waals surface area contributed by atoms with Crippen LogP contribution < -0.4 is 10.0 Å². The fourth-order valence-electron chi connectivity index (χ4n) is 1.68. The van der Waals surface area contributed by atoms with Crippen molar-refractivity contribution in [3.8, 4) is 0 Å². The summed E-state index contributed by atoms with van der Waals surface area (Å²) >= 11 is 0. The van der Waals surface area contributed by atoms with Crippen molar-refractivity contribution in [3.05, 3.63) is 29.3 Å². The minimum atomic E-state index is -3.59. The van der Waals surface area contributed by atoms with Crippen molar-refractivity contribution < 1.29 is 13.2 Å². The summed E-state index contributed by atoms with van der Waals surface area (Å²) in [5.74, 6) is -0.259. The molecule has 0 bridgehead atoms. The molecule has 1 aromatic rings. The molecule has 0 unspecified atom stereocenters. The summed E-state index contributed by atoms with van der Waals surface area (Å²) in [6.07, 6.45) is 0.703. The predicted octanol–water partition coefficient (Wildman–Crippen LogP) is 1.82. The van der Waals surface area contributed by atoms with Crippen molar-refractivity contribution in [2.75, 3.05) is 6.54 Å². The van der Waals surface area contributed by atoms with Crippen LogP contribution >= 0.6 is 0 Å². The van der Waals surface area contributed by atoms with Gasteiger partial charge in [0.15, 0.2) is 0 Å². The SMILES string of the molecule is CCNC(=O)c1cc(S(=O)(=O)N[C@@H](C)CC)ccc1C. The van der Waals surface area contributed by atoms with Gasteiger partial charge in [0.1, 0.15) is 0 Å². The second-order valence-electron chi connectivity index (χ2n) is 4.77. The third-order valence-electron chi connectivity index (χ3n) is 3.07. The Balaban J connectivity index is 3.15. The maximum atomic E-state index is 12.2. The van der Waals surface area contributed by atoms with E-state index in [2.05, 4.69) is 10.0 Å². The van der Waals surface area contributed by atoms with E-state index in [1.807, 2.05) is 13.8 Å². The number of carbonyl (C=O) groups is 1. The minimum absolute atomic E-state index is 0.115. The summed E-state index contributed by atoms with van der Waals surface area (Å²) in [4.78, 5) is 12.0. The number of benzene rings is 1. The van der Waals surface area contributed by atoms with E-state index < -0.39 is 10.0 Å². The number of nitrogens with one attached hydrogen (secondary N) is 2. The third kappa shape index (κ3) is 4.05. The maximum absolute atomic E-state index is 12.2. The Morgan fingerprint density at radius 3 is 2.50 bits per heavy atom. The molecule has 0 fully saturated rings. The lowest BCUT2D eigenvalue weighted by Crippen LogP contribution is -2.32. The lowest BCUT2D eigenvalue weighted by atomic mass is 10.1. The van der Waals surface area contributed by atoms with Gasteiger partial charge in [-0.15, -0.1) is 0 Å². The number of carbonyl (C=O) groups excluding carboxylic acids is 1. The van der Waals surface area contributed by atoms with Crippen LogP contribution in [0.1, 0.15) is 43.1 Å². The molecule has 0 saturated heterocycles. The zero-order chi connectivity index (χ0) is 15.3. The van der Waals surface area contributed by atoms with Crippen LogP contribution in [0.2, 0.25) is 0 Å². The van der Waals surface area contributed by atoms with Gasteiger partial charge >= 0.3 is 0 Å². The van der Waals surface area contributed by atoms with Gasteiger partial charge in [0, 0.05) is 18.2 Å². The molecule has 1 aromatic carbocycles. The first kappa shape index (κ1) is 16.7. The predicted molar refractivity (Wildman–Crippen MR) is 79.3 cm³/mol. The maximum Gasteiger partial charge on any atom is 0.251 e. The molecule has 0 saturated carbocycles. The van der Waals surface area contributed by atoms with E-state index in [1.54, 1.807) is 19.9 Å². The highest BCUT2D eigenvalue weighted by atomic mass is 32.2. The zero-order valence-corrected chi connectivity index (χ0v) is 13.2. The van der Waals surface area contributed by atoms with Gasteiger partial charge in [-0.05, 0) is 44.9 Å². The Labute approximate surface area is 120 Å². The average Bonchev–Trinajstić information content (AvgIpc) is 2.38. The second kappa shape index (κ2) is 6.85. The third-order valence-corrected chi connectivity index (χ3v) is 4.66. The molecule has 1 amide bonds. The number of hydrogen-bond acceptors (Lipinski definition) is 3. The normalized spacial score (nSPS) is 13.0. The van der Waals surface area contributed by atoms with Crippen molar-refractivity contribution in [2.24, 2.45) is 0 Å².